The van der Waals surface area contributed by atoms with E-state index in [9.17, 15) is 0 Å². The maximum atomic E-state index is 9.11. The van der Waals surface area contributed by atoms with Gasteiger partial charge in [-0.2, -0.15) is 0 Å². The number of anilines is 1. The molecule has 2 rings (SSSR count). The molecule has 4 heteroatoms. The zero-order chi connectivity index (χ0) is 9.26. The first kappa shape index (κ1) is 8.63. The second kappa shape index (κ2) is 3.42. The summed E-state index contributed by atoms with van der Waals surface area (Å²) in [6.07, 6.45) is 3.82. The standard InChI is InChI=1S/C9H11ClN2O/c10-8-5-7(13)6-11-9(8)12-3-1-2-4-12/h5-6,13H,1-4H2. The van der Waals surface area contributed by atoms with Gasteiger partial charge in [-0.15, -0.1) is 0 Å². The summed E-state index contributed by atoms with van der Waals surface area (Å²) in [4.78, 5) is 6.24. The Labute approximate surface area is 82.0 Å². The molecule has 1 saturated heterocycles. The maximum Gasteiger partial charge on any atom is 0.147 e. The number of pyridine rings is 1. The van der Waals surface area contributed by atoms with Gasteiger partial charge in [-0.1, -0.05) is 11.6 Å². The van der Waals surface area contributed by atoms with E-state index in [0.717, 1.165) is 18.9 Å². The van der Waals surface area contributed by atoms with Crippen LogP contribution in [0.3, 0.4) is 0 Å². The predicted molar refractivity (Wildman–Crippen MR) is 52.4 cm³/mol. The highest BCUT2D eigenvalue weighted by Crippen LogP contribution is 2.28. The van der Waals surface area contributed by atoms with Crippen LogP contribution in [0.2, 0.25) is 5.02 Å². The van der Waals surface area contributed by atoms with Crippen LogP contribution >= 0.6 is 11.6 Å². The van der Waals surface area contributed by atoms with Crippen molar-refractivity contribution >= 4 is 17.4 Å². The Kier molecular flexibility index (Phi) is 2.27. The molecule has 1 aromatic heterocycles. The number of aromatic hydroxyl groups is 1. The average molecular weight is 199 g/mol. The Hall–Kier alpha value is -0.960. The smallest absolute Gasteiger partial charge is 0.147 e. The number of nitrogens with zero attached hydrogens (tertiary/aromatic N) is 2. The van der Waals surface area contributed by atoms with Crippen molar-refractivity contribution in [3.05, 3.63) is 17.3 Å². The van der Waals surface area contributed by atoms with Gasteiger partial charge in [-0.05, 0) is 12.8 Å². The summed E-state index contributed by atoms with van der Waals surface area (Å²) < 4.78 is 0. The van der Waals surface area contributed by atoms with Crippen molar-refractivity contribution in [2.24, 2.45) is 0 Å². The van der Waals surface area contributed by atoms with Crippen molar-refractivity contribution in [1.82, 2.24) is 4.98 Å². The van der Waals surface area contributed by atoms with Crippen LogP contribution in [-0.2, 0) is 0 Å². The van der Waals surface area contributed by atoms with Gasteiger partial charge >= 0.3 is 0 Å². The van der Waals surface area contributed by atoms with Crippen molar-refractivity contribution in [2.45, 2.75) is 12.8 Å². The molecule has 1 aliphatic rings. The third-order valence-corrected chi connectivity index (χ3v) is 2.49. The molecule has 0 radical (unpaired) electrons. The quantitative estimate of drug-likeness (QED) is 0.750. The first-order chi connectivity index (χ1) is 6.27. The summed E-state index contributed by atoms with van der Waals surface area (Å²) >= 11 is 5.95. The third kappa shape index (κ3) is 1.70. The van der Waals surface area contributed by atoms with Gasteiger partial charge in [-0.25, -0.2) is 4.98 Å². The van der Waals surface area contributed by atoms with E-state index in [-0.39, 0.29) is 5.75 Å². The molecular formula is C9H11ClN2O. The molecule has 0 amide bonds. The Bertz CT molecular complexity index is 310. The summed E-state index contributed by atoms with van der Waals surface area (Å²) in [5.41, 5.74) is 0. The summed E-state index contributed by atoms with van der Waals surface area (Å²) in [6, 6.07) is 1.53. The normalized spacial score (nSPS) is 16.5. The topological polar surface area (TPSA) is 36.4 Å². The van der Waals surface area contributed by atoms with E-state index in [1.165, 1.54) is 25.1 Å². The Morgan fingerprint density at radius 2 is 2.08 bits per heavy atom. The van der Waals surface area contributed by atoms with Gasteiger partial charge < -0.3 is 10.0 Å². The molecule has 2 heterocycles. The summed E-state index contributed by atoms with van der Waals surface area (Å²) in [5.74, 6) is 0.907. The van der Waals surface area contributed by atoms with Gasteiger partial charge in [0.05, 0.1) is 11.2 Å². The van der Waals surface area contributed by atoms with Crippen LogP contribution in [0.15, 0.2) is 12.3 Å². The van der Waals surface area contributed by atoms with Crippen molar-refractivity contribution < 1.29 is 5.11 Å². The number of rotatable bonds is 1. The minimum atomic E-state index is 0.118. The van der Waals surface area contributed by atoms with Crippen LogP contribution in [0.25, 0.3) is 0 Å². The Balaban J connectivity index is 2.29. The lowest BCUT2D eigenvalue weighted by atomic mass is 10.4. The van der Waals surface area contributed by atoms with Gasteiger partial charge in [-0.3, -0.25) is 0 Å². The molecule has 1 N–H and O–H groups in total. The molecule has 0 unspecified atom stereocenters. The number of aromatic nitrogens is 1. The van der Waals surface area contributed by atoms with E-state index in [1.807, 2.05) is 0 Å². The van der Waals surface area contributed by atoms with E-state index >= 15 is 0 Å². The molecule has 13 heavy (non-hydrogen) atoms. The largest absolute Gasteiger partial charge is 0.506 e. The van der Waals surface area contributed by atoms with Crippen LogP contribution in [-0.4, -0.2) is 23.2 Å². The zero-order valence-electron chi connectivity index (χ0n) is 7.20. The molecule has 0 saturated carbocycles. The highest BCUT2D eigenvalue weighted by Gasteiger charge is 2.16. The number of halogens is 1. The molecule has 0 bridgehead atoms. The fraction of sp³-hybridized carbons (Fsp3) is 0.444. The molecule has 0 atom stereocenters. The Morgan fingerprint density at radius 3 is 2.69 bits per heavy atom. The molecule has 1 aliphatic heterocycles. The minimum Gasteiger partial charge on any atom is -0.506 e. The predicted octanol–water partition coefficient (Wildman–Crippen LogP) is 2.04. The second-order valence-electron chi connectivity index (χ2n) is 3.19. The summed E-state index contributed by atoms with van der Waals surface area (Å²) in [5, 5.41) is 9.64. The Morgan fingerprint density at radius 1 is 1.38 bits per heavy atom. The molecule has 1 aromatic rings. The van der Waals surface area contributed by atoms with Crippen molar-refractivity contribution in [3.8, 4) is 5.75 Å². The molecule has 0 spiro atoms. The molecule has 0 aliphatic carbocycles. The minimum absolute atomic E-state index is 0.118. The second-order valence-corrected chi connectivity index (χ2v) is 3.60. The van der Waals surface area contributed by atoms with Crippen LogP contribution in [0.5, 0.6) is 5.75 Å². The van der Waals surface area contributed by atoms with Gasteiger partial charge in [0.1, 0.15) is 11.6 Å². The number of hydrogen-bond donors (Lipinski definition) is 1. The third-order valence-electron chi connectivity index (χ3n) is 2.21. The lowest BCUT2D eigenvalue weighted by molar-refractivity contribution is 0.472. The summed E-state index contributed by atoms with van der Waals surface area (Å²) in [7, 11) is 0. The van der Waals surface area contributed by atoms with Gasteiger partial charge in [0.15, 0.2) is 0 Å². The van der Waals surface area contributed by atoms with Crippen molar-refractivity contribution in [3.63, 3.8) is 0 Å². The van der Waals surface area contributed by atoms with Gasteiger partial charge in [0, 0.05) is 19.2 Å². The fourth-order valence-corrected chi connectivity index (χ4v) is 1.86. The molecular weight excluding hydrogens is 188 g/mol. The van der Waals surface area contributed by atoms with E-state index in [4.69, 9.17) is 16.7 Å². The molecule has 1 fully saturated rings. The van der Waals surface area contributed by atoms with Crippen molar-refractivity contribution in [2.75, 3.05) is 18.0 Å². The highest BCUT2D eigenvalue weighted by atomic mass is 35.5. The van der Waals surface area contributed by atoms with E-state index < -0.39 is 0 Å². The van der Waals surface area contributed by atoms with E-state index in [2.05, 4.69) is 9.88 Å². The van der Waals surface area contributed by atoms with Crippen LogP contribution in [0.1, 0.15) is 12.8 Å². The van der Waals surface area contributed by atoms with E-state index in [0.29, 0.717) is 5.02 Å². The lowest BCUT2D eigenvalue weighted by Gasteiger charge is -2.17. The number of hydrogen-bond acceptors (Lipinski definition) is 3. The first-order valence-electron chi connectivity index (χ1n) is 4.37. The van der Waals surface area contributed by atoms with Gasteiger partial charge in [0.25, 0.3) is 0 Å². The average Bonchev–Trinajstić information content (AvgIpc) is 2.56. The van der Waals surface area contributed by atoms with Crippen molar-refractivity contribution in [1.29, 1.82) is 0 Å². The maximum absolute atomic E-state index is 9.11. The SMILES string of the molecule is Oc1cnc(N2CCCC2)c(Cl)c1. The van der Waals surface area contributed by atoms with E-state index in [1.54, 1.807) is 0 Å². The van der Waals surface area contributed by atoms with Gasteiger partial charge in [0.2, 0.25) is 0 Å². The van der Waals surface area contributed by atoms with Crippen LogP contribution in [0, 0.1) is 0 Å². The lowest BCUT2D eigenvalue weighted by Crippen LogP contribution is -2.19. The summed E-state index contributed by atoms with van der Waals surface area (Å²) in [6.45, 7) is 2.02. The molecule has 3 nitrogen and oxygen atoms in total. The monoisotopic (exact) mass is 198 g/mol. The molecule has 0 aromatic carbocycles. The highest BCUT2D eigenvalue weighted by molar-refractivity contribution is 6.33. The van der Waals surface area contributed by atoms with Crippen LogP contribution < -0.4 is 4.90 Å². The first-order valence-corrected chi connectivity index (χ1v) is 4.74. The van der Waals surface area contributed by atoms with Crippen LogP contribution in [0.4, 0.5) is 5.82 Å². The fourth-order valence-electron chi connectivity index (χ4n) is 1.58. The molecule has 70 valence electrons. The zero-order valence-corrected chi connectivity index (χ0v) is 7.96.